The quantitative estimate of drug-likeness (QED) is 0.658. The van der Waals surface area contributed by atoms with E-state index in [0.717, 1.165) is 0 Å². The van der Waals surface area contributed by atoms with Crippen molar-refractivity contribution in [2.45, 2.75) is 4.90 Å². The molecular formula is C14H13ClN2O4S. The number of methoxy groups -OCH3 is 1. The van der Waals surface area contributed by atoms with E-state index in [0.29, 0.717) is 0 Å². The van der Waals surface area contributed by atoms with Gasteiger partial charge in [0.2, 0.25) is 0 Å². The molecule has 22 heavy (non-hydrogen) atoms. The first-order valence-electron chi connectivity index (χ1n) is 6.10. The summed E-state index contributed by atoms with van der Waals surface area (Å²) in [5, 5.41) is 0.258. The van der Waals surface area contributed by atoms with Crippen LogP contribution in [0.5, 0.6) is 0 Å². The highest BCUT2D eigenvalue weighted by atomic mass is 35.5. The highest BCUT2D eigenvalue weighted by molar-refractivity contribution is 7.92. The average Bonchev–Trinajstić information content (AvgIpc) is 2.49. The Morgan fingerprint density at radius 2 is 1.91 bits per heavy atom. The summed E-state index contributed by atoms with van der Waals surface area (Å²) in [6.07, 6.45) is 0. The van der Waals surface area contributed by atoms with Gasteiger partial charge < -0.3 is 10.5 Å². The van der Waals surface area contributed by atoms with Crippen LogP contribution in [0.25, 0.3) is 0 Å². The Morgan fingerprint density at radius 1 is 1.23 bits per heavy atom. The molecule has 0 bridgehead atoms. The minimum absolute atomic E-state index is 0.0610. The summed E-state index contributed by atoms with van der Waals surface area (Å²) in [5.41, 5.74) is 5.98. The van der Waals surface area contributed by atoms with Crippen molar-refractivity contribution in [2.75, 3.05) is 17.6 Å². The fourth-order valence-electron chi connectivity index (χ4n) is 1.75. The second kappa shape index (κ2) is 6.25. The summed E-state index contributed by atoms with van der Waals surface area (Å²) in [7, 11) is -2.70. The van der Waals surface area contributed by atoms with Gasteiger partial charge in [-0.2, -0.15) is 0 Å². The van der Waals surface area contributed by atoms with Crippen molar-refractivity contribution in [2.24, 2.45) is 0 Å². The molecule has 2 aromatic carbocycles. The number of esters is 1. The van der Waals surface area contributed by atoms with E-state index in [4.69, 9.17) is 17.3 Å². The van der Waals surface area contributed by atoms with Crippen LogP contribution < -0.4 is 10.5 Å². The minimum Gasteiger partial charge on any atom is -0.465 e. The first kappa shape index (κ1) is 16.1. The summed E-state index contributed by atoms with van der Waals surface area (Å²) in [4.78, 5) is 11.6. The SMILES string of the molecule is COC(=O)c1ccccc1NS(=O)(=O)c1ccc(Cl)c(N)c1. The largest absolute Gasteiger partial charge is 0.465 e. The second-order valence-corrected chi connectivity index (χ2v) is 6.42. The number of carbonyl (C=O) groups is 1. The van der Waals surface area contributed by atoms with Crippen LogP contribution in [-0.4, -0.2) is 21.5 Å². The summed E-state index contributed by atoms with van der Waals surface area (Å²) in [6, 6.07) is 10.1. The molecular weight excluding hydrogens is 328 g/mol. The van der Waals surface area contributed by atoms with E-state index in [2.05, 4.69) is 9.46 Å². The first-order valence-corrected chi connectivity index (χ1v) is 7.96. The fourth-order valence-corrected chi connectivity index (χ4v) is 2.98. The lowest BCUT2D eigenvalue weighted by Crippen LogP contribution is -2.16. The summed E-state index contributed by atoms with van der Waals surface area (Å²) in [6.45, 7) is 0. The maximum absolute atomic E-state index is 12.4. The summed E-state index contributed by atoms with van der Waals surface area (Å²) >= 11 is 5.78. The maximum Gasteiger partial charge on any atom is 0.339 e. The summed E-state index contributed by atoms with van der Waals surface area (Å²) in [5.74, 6) is -0.645. The Kier molecular flexibility index (Phi) is 4.58. The highest BCUT2D eigenvalue weighted by Gasteiger charge is 2.19. The average molecular weight is 341 g/mol. The molecule has 2 aromatic rings. The van der Waals surface area contributed by atoms with Gasteiger partial charge in [0.15, 0.2) is 0 Å². The third-order valence-corrected chi connectivity index (χ3v) is 4.56. The summed E-state index contributed by atoms with van der Waals surface area (Å²) < 4.78 is 31.7. The van der Waals surface area contributed by atoms with Crippen molar-refractivity contribution < 1.29 is 17.9 Å². The number of sulfonamides is 1. The normalized spacial score (nSPS) is 11.0. The van der Waals surface area contributed by atoms with E-state index in [-0.39, 0.29) is 26.9 Å². The van der Waals surface area contributed by atoms with Gasteiger partial charge in [0, 0.05) is 0 Å². The van der Waals surface area contributed by atoms with Crippen molar-refractivity contribution in [3.05, 3.63) is 53.1 Å². The topological polar surface area (TPSA) is 98.5 Å². The molecule has 6 nitrogen and oxygen atoms in total. The molecule has 0 aliphatic heterocycles. The van der Waals surface area contributed by atoms with Crippen LogP contribution in [0.2, 0.25) is 5.02 Å². The Hall–Kier alpha value is -2.25. The molecule has 0 spiro atoms. The number of halogens is 1. The molecule has 0 aromatic heterocycles. The van der Waals surface area contributed by atoms with E-state index in [1.807, 2.05) is 0 Å². The van der Waals surface area contributed by atoms with Crippen LogP contribution in [0.4, 0.5) is 11.4 Å². The molecule has 3 N–H and O–H groups in total. The molecule has 116 valence electrons. The Morgan fingerprint density at radius 3 is 2.55 bits per heavy atom. The van der Waals surface area contributed by atoms with Gasteiger partial charge in [-0.3, -0.25) is 4.72 Å². The van der Waals surface area contributed by atoms with E-state index in [1.165, 1.54) is 37.4 Å². The number of hydrogen-bond donors (Lipinski definition) is 2. The van der Waals surface area contributed by atoms with Gasteiger partial charge in [-0.15, -0.1) is 0 Å². The number of benzene rings is 2. The van der Waals surface area contributed by atoms with E-state index >= 15 is 0 Å². The standard InChI is InChI=1S/C14H13ClN2O4S/c1-21-14(18)10-4-2-3-5-13(10)17-22(19,20)9-6-7-11(15)12(16)8-9/h2-8,17H,16H2,1H3. The van der Waals surface area contributed by atoms with Gasteiger partial charge in [-0.05, 0) is 30.3 Å². The number of nitrogens with one attached hydrogen (secondary N) is 1. The van der Waals surface area contributed by atoms with Gasteiger partial charge in [0.05, 0.1) is 34.0 Å². The third kappa shape index (κ3) is 3.32. The molecule has 0 unspecified atom stereocenters. The van der Waals surface area contributed by atoms with Crippen LogP contribution in [0.1, 0.15) is 10.4 Å². The molecule has 0 heterocycles. The van der Waals surface area contributed by atoms with Crippen molar-refractivity contribution >= 4 is 39.0 Å². The maximum atomic E-state index is 12.4. The van der Waals surface area contributed by atoms with Crippen molar-refractivity contribution in [3.8, 4) is 0 Å². The van der Waals surface area contributed by atoms with Gasteiger partial charge in [-0.25, -0.2) is 13.2 Å². The van der Waals surface area contributed by atoms with E-state index < -0.39 is 16.0 Å². The van der Waals surface area contributed by atoms with Crippen LogP contribution in [0.3, 0.4) is 0 Å². The molecule has 0 saturated carbocycles. The Balaban J connectivity index is 2.41. The lowest BCUT2D eigenvalue weighted by molar-refractivity contribution is 0.0602. The number of para-hydroxylation sites is 1. The van der Waals surface area contributed by atoms with Crippen molar-refractivity contribution in [3.63, 3.8) is 0 Å². The first-order chi connectivity index (χ1) is 10.3. The lowest BCUT2D eigenvalue weighted by atomic mass is 10.2. The fraction of sp³-hybridized carbons (Fsp3) is 0.0714. The van der Waals surface area contributed by atoms with Crippen molar-refractivity contribution in [1.82, 2.24) is 0 Å². The zero-order valence-corrected chi connectivity index (χ0v) is 13.1. The van der Waals surface area contributed by atoms with Crippen LogP contribution in [0.15, 0.2) is 47.4 Å². The number of nitrogen functional groups attached to an aromatic ring is 1. The van der Waals surface area contributed by atoms with Gasteiger partial charge in [0.25, 0.3) is 10.0 Å². The van der Waals surface area contributed by atoms with Crippen LogP contribution >= 0.6 is 11.6 Å². The molecule has 0 radical (unpaired) electrons. The zero-order chi connectivity index (χ0) is 16.3. The predicted molar refractivity (Wildman–Crippen MR) is 84.5 cm³/mol. The van der Waals surface area contributed by atoms with Gasteiger partial charge in [0.1, 0.15) is 0 Å². The molecule has 8 heteroatoms. The predicted octanol–water partition coefficient (Wildman–Crippen LogP) is 2.51. The second-order valence-electron chi connectivity index (χ2n) is 4.33. The number of ether oxygens (including phenoxy) is 1. The monoisotopic (exact) mass is 340 g/mol. The van der Waals surface area contributed by atoms with E-state index in [1.54, 1.807) is 12.1 Å². The molecule has 2 rings (SSSR count). The number of hydrogen-bond acceptors (Lipinski definition) is 5. The van der Waals surface area contributed by atoms with Crippen LogP contribution in [0, 0.1) is 0 Å². The third-order valence-electron chi connectivity index (χ3n) is 2.85. The van der Waals surface area contributed by atoms with Crippen LogP contribution in [-0.2, 0) is 14.8 Å². The number of anilines is 2. The Labute approximate surface area is 132 Å². The number of carbonyl (C=O) groups excluding carboxylic acids is 1. The minimum atomic E-state index is -3.91. The van der Waals surface area contributed by atoms with Gasteiger partial charge in [-0.1, -0.05) is 23.7 Å². The molecule has 0 atom stereocenters. The molecule has 0 saturated heterocycles. The smallest absolute Gasteiger partial charge is 0.339 e. The van der Waals surface area contributed by atoms with Crippen molar-refractivity contribution in [1.29, 1.82) is 0 Å². The van der Waals surface area contributed by atoms with E-state index in [9.17, 15) is 13.2 Å². The highest BCUT2D eigenvalue weighted by Crippen LogP contribution is 2.25. The molecule has 0 aliphatic rings. The molecule has 0 amide bonds. The zero-order valence-electron chi connectivity index (χ0n) is 11.5. The lowest BCUT2D eigenvalue weighted by Gasteiger charge is -2.12. The molecule has 0 aliphatic carbocycles. The number of nitrogens with two attached hydrogens (primary N) is 1. The van der Waals surface area contributed by atoms with Gasteiger partial charge >= 0.3 is 5.97 Å². The molecule has 0 fully saturated rings. The Bertz CT molecular complexity index is 821. The number of rotatable bonds is 4.